The molecule has 0 aromatic heterocycles. The molecular weight excluding hydrogens is 621 g/mol. The molecular formula is C37H43MgN4O6+. The molecule has 0 aromatic carbocycles. The Kier molecular flexibility index (Phi) is 11.6. The molecule has 5 aliphatic heterocycles. The molecule has 0 saturated carbocycles. The number of rotatable bonds is 8. The quantitative estimate of drug-likeness (QED) is 0.214. The molecule has 5 aliphatic rings. The molecule has 1 fully saturated rings. The topological polar surface area (TPSA) is 134 Å². The van der Waals surface area contributed by atoms with Crippen molar-refractivity contribution in [3.63, 3.8) is 0 Å². The summed E-state index contributed by atoms with van der Waals surface area (Å²) in [5, 5.41) is 17.0. The predicted molar refractivity (Wildman–Crippen MR) is 186 cm³/mol. The van der Waals surface area contributed by atoms with Crippen molar-refractivity contribution >= 4 is 52.1 Å². The first kappa shape index (κ1) is 36.9. The fraction of sp³-hybridized carbons (Fsp3) is 0.432. The van der Waals surface area contributed by atoms with Crippen LogP contribution in [-0.4, -0.2) is 73.5 Å². The summed E-state index contributed by atoms with van der Waals surface area (Å²) in [4.78, 5) is 40.5. The van der Waals surface area contributed by atoms with Gasteiger partial charge in [-0.05, 0) is 93.2 Å². The average molecular weight is 664 g/mol. The van der Waals surface area contributed by atoms with E-state index in [0.29, 0.717) is 34.7 Å². The number of carbonyl (C=O) groups is 2. The van der Waals surface area contributed by atoms with Crippen molar-refractivity contribution in [2.24, 2.45) is 26.8 Å². The number of nitrogens with one attached hydrogen (secondary N) is 1. The number of ether oxygens (including phenoxy) is 3. The molecule has 0 amide bonds. The van der Waals surface area contributed by atoms with Gasteiger partial charge in [-0.1, -0.05) is 20.8 Å². The molecule has 2 atom stereocenters. The Morgan fingerprint density at radius 3 is 1.96 bits per heavy atom. The van der Waals surface area contributed by atoms with E-state index in [1.54, 1.807) is 0 Å². The van der Waals surface area contributed by atoms with E-state index in [1.165, 1.54) is 21.3 Å². The summed E-state index contributed by atoms with van der Waals surface area (Å²) in [6, 6.07) is 0. The minimum Gasteiger partial charge on any atom is -0.616 e. The van der Waals surface area contributed by atoms with Crippen LogP contribution >= 0.6 is 0 Å². The van der Waals surface area contributed by atoms with Crippen LogP contribution in [0.1, 0.15) is 73.6 Å². The first-order valence-corrected chi connectivity index (χ1v) is 16.1. The van der Waals surface area contributed by atoms with Crippen molar-refractivity contribution in [2.45, 2.75) is 73.6 Å². The maximum absolute atomic E-state index is 13.4. The van der Waals surface area contributed by atoms with Gasteiger partial charge in [-0.2, -0.15) is 0 Å². The number of esters is 2. The molecule has 48 heavy (non-hydrogen) atoms. The van der Waals surface area contributed by atoms with Crippen molar-refractivity contribution in [1.82, 2.24) is 5.32 Å². The van der Waals surface area contributed by atoms with E-state index in [-0.39, 0.29) is 59.3 Å². The van der Waals surface area contributed by atoms with Gasteiger partial charge in [0, 0.05) is 40.8 Å². The Morgan fingerprint density at radius 1 is 0.812 bits per heavy atom. The van der Waals surface area contributed by atoms with Crippen LogP contribution in [0.25, 0.3) is 0 Å². The molecule has 8 bridgehead atoms. The van der Waals surface area contributed by atoms with Gasteiger partial charge in [-0.3, -0.25) is 9.59 Å². The second-order valence-electron chi connectivity index (χ2n) is 12.2. The number of methoxy groups -OCH3 is 3. The summed E-state index contributed by atoms with van der Waals surface area (Å²) < 4.78 is 15.4. The summed E-state index contributed by atoms with van der Waals surface area (Å²) in [6.45, 7) is 12.3. The molecule has 0 radical (unpaired) electrons. The van der Waals surface area contributed by atoms with Crippen LogP contribution in [0, 0.1) is 11.8 Å². The number of aliphatic imine (C=N–C) groups is 3. The largest absolute Gasteiger partial charge is 2.00 e. The van der Waals surface area contributed by atoms with Gasteiger partial charge >= 0.3 is 35.0 Å². The van der Waals surface area contributed by atoms with Gasteiger partial charge in [0.1, 0.15) is 0 Å². The van der Waals surface area contributed by atoms with Gasteiger partial charge in [0.05, 0.1) is 60.8 Å². The molecule has 2 unspecified atom stereocenters. The SMILES string of the molecule is CCC1=C(C)C2=NC1=CC1=C(C)C(=C([O-])OC)C(=N1)C(CC(=O)OC)=C1NC(=CC3=NC(=C2)C(CC)=C3C)C(C)C1CCC(=O)OC.[Mg+2]. The summed E-state index contributed by atoms with van der Waals surface area (Å²) in [6.07, 6.45) is 8.03. The Hall–Kier alpha value is -3.96. The minimum absolute atomic E-state index is 0. The van der Waals surface area contributed by atoms with E-state index >= 15 is 0 Å². The zero-order chi connectivity index (χ0) is 34.2. The fourth-order valence-corrected chi connectivity index (χ4v) is 6.94. The molecule has 5 heterocycles. The van der Waals surface area contributed by atoms with E-state index in [2.05, 4.69) is 52.1 Å². The third-order valence-corrected chi connectivity index (χ3v) is 9.73. The third-order valence-electron chi connectivity index (χ3n) is 9.73. The monoisotopic (exact) mass is 663 g/mol. The van der Waals surface area contributed by atoms with Crippen LogP contribution in [0.3, 0.4) is 0 Å². The molecule has 1 N–H and O–H groups in total. The average Bonchev–Trinajstić information content (AvgIpc) is 3.74. The summed E-state index contributed by atoms with van der Waals surface area (Å²) in [5.41, 5.74) is 11.6. The van der Waals surface area contributed by atoms with Crippen molar-refractivity contribution in [3.8, 4) is 0 Å². The van der Waals surface area contributed by atoms with Crippen molar-refractivity contribution < 1.29 is 28.9 Å². The molecule has 0 spiro atoms. The maximum atomic E-state index is 13.4. The van der Waals surface area contributed by atoms with E-state index in [0.717, 1.165) is 63.6 Å². The van der Waals surface area contributed by atoms with Crippen LogP contribution in [0.4, 0.5) is 0 Å². The Balaban J connectivity index is 0.00000520. The second-order valence-corrected chi connectivity index (χ2v) is 12.2. The molecule has 10 nitrogen and oxygen atoms in total. The van der Waals surface area contributed by atoms with Crippen molar-refractivity contribution in [3.05, 3.63) is 91.7 Å². The smallest absolute Gasteiger partial charge is 0.616 e. The Morgan fingerprint density at radius 2 is 1.40 bits per heavy atom. The van der Waals surface area contributed by atoms with Crippen LogP contribution in [0.5, 0.6) is 0 Å². The Bertz CT molecular complexity index is 1790. The number of fused-ring (bicyclic) bond motifs is 5. The van der Waals surface area contributed by atoms with Crippen LogP contribution in [-0.2, 0) is 23.8 Å². The van der Waals surface area contributed by atoms with E-state index in [1.807, 2.05) is 13.0 Å². The normalized spacial score (nSPS) is 22.8. The second kappa shape index (κ2) is 15.1. The van der Waals surface area contributed by atoms with E-state index in [4.69, 9.17) is 29.2 Å². The Labute approximate surface area is 298 Å². The van der Waals surface area contributed by atoms with Crippen LogP contribution in [0.2, 0.25) is 0 Å². The number of carbonyl (C=O) groups excluding carboxylic acids is 2. The molecule has 5 rings (SSSR count). The van der Waals surface area contributed by atoms with Gasteiger partial charge in [0.2, 0.25) is 0 Å². The van der Waals surface area contributed by atoms with Crippen molar-refractivity contribution in [1.29, 1.82) is 0 Å². The number of hydrogen-bond donors (Lipinski definition) is 1. The van der Waals surface area contributed by atoms with Gasteiger partial charge < -0.3 is 24.6 Å². The van der Waals surface area contributed by atoms with E-state index in [9.17, 15) is 14.7 Å². The van der Waals surface area contributed by atoms with E-state index < -0.39 is 11.9 Å². The van der Waals surface area contributed by atoms with Gasteiger partial charge in [0.25, 0.3) is 0 Å². The first-order valence-electron chi connectivity index (χ1n) is 16.1. The summed E-state index contributed by atoms with van der Waals surface area (Å²) in [5.74, 6) is -1.71. The van der Waals surface area contributed by atoms with Gasteiger partial charge in [0.15, 0.2) is 0 Å². The minimum atomic E-state index is -0.564. The first-order chi connectivity index (χ1) is 22.5. The standard InChI is InChI=1S/C37H44N4O6.Mg/c1-10-22-18(3)26-15-28-20(5)24(12-13-32(42)45-7)35(40-28)25(14-33(43)46-8)36-34(37(44)47-9)21(6)29(41-36)17-31-23(11-2)19(4)27(39-31)16-30(22)38-26;/h15-17,20,24,40,44H,10-14H2,1-9H3;/q;+2/p-1. The third kappa shape index (κ3) is 6.67. The predicted octanol–water partition coefficient (Wildman–Crippen LogP) is 5.21. The molecule has 1 saturated heterocycles. The molecule has 0 aromatic rings. The number of hydrogen-bond acceptors (Lipinski definition) is 10. The summed E-state index contributed by atoms with van der Waals surface area (Å²) >= 11 is 0. The van der Waals surface area contributed by atoms with Crippen molar-refractivity contribution in [2.75, 3.05) is 21.3 Å². The molecule has 0 aliphatic carbocycles. The fourth-order valence-electron chi connectivity index (χ4n) is 6.94. The molecule has 248 valence electrons. The molecule has 11 heteroatoms. The van der Waals surface area contributed by atoms with Crippen LogP contribution in [0.15, 0.2) is 107 Å². The number of nitrogens with zero attached hydrogens (tertiary/aromatic N) is 3. The zero-order valence-electron chi connectivity index (χ0n) is 29.4. The van der Waals surface area contributed by atoms with Crippen LogP contribution < -0.4 is 10.4 Å². The van der Waals surface area contributed by atoms with Gasteiger partial charge in [-0.15, -0.1) is 0 Å². The summed E-state index contributed by atoms with van der Waals surface area (Å²) in [7, 11) is 4.02. The van der Waals surface area contributed by atoms with Gasteiger partial charge in [-0.25, -0.2) is 15.0 Å². The zero-order valence-corrected chi connectivity index (χ0v) is 30.8. The maximum Gasteiger partial charge on any atom is 2.00 e. The number of allylic oxidation sites excluding steroid dienone is 11.